The van der Waals surface area contributed by atoms with Crippen LogP contribution < -0.4 is 0 Å². The zero-order valence-corrected chi connectivity index (χ0v) is 8.43. The van der Waals surface area contributed by atoms with Gasteiger partial charge in [0.25, 0.3) is 5.76 Å². The highest BCUT2D eigenvalue weighted by Gasteiger charge is 2.67. The number of hydrogen-bond acceptors (Lipinski definition) is 8. The predicted molar refractivity (Wildman–Crippen MR) is 48.8 cm³/mol. The van der Waals surface area contributed by atoms with E-state index in [0.29, 0.717) is 0 Å². The lowest BCUT2D eigenvalue weighted by atomic mass is 10.1. The summed E-state index contributed by atoms with van der Waals surface area (Å²) in [6.07, 6.45) is 0. The van der Waals surface area contributed by atoms with Crippen molar-refractivity contribution < 1.29 is 19.3 Å². The van der Waals surface area contributed by atoms with Crippen LogP contribution in [-0.2, 0) is 5.66 Å². The second kappa shape index (κ2) is 4.11. The summed E-state index contributed by atoms with van der Waals surface area (Å²) >= 11 is 0. The van der Waals surface area contributed by atoms with E-state index in [-0.39, 0.29) is 5.69 Å². The second-order valence-corrected chi connectivity index (χ2v) is 3.15. The van der Waals surface area contributed by atoms with Gasteiger partial charge in [0.05, 0.1) is 5.69 Å². The maximum absolute atomic E-state index is 10.8. The van der Waals surface area contributed by atoms with Gasteiger partial charge in [-0.15, -0.1) is 0 Å². The lowest BCUT2D eigenvalue weighted by Crippen LogP contribution is -2.48. The summed E-state index contributed by atoms with van der Waals surface area (Å²) in [7, 11) is 0. The van der Waals surface area contributed by atoms with Crippen molar-refractivity contribution in [2.75, 3.05) is 6.54 Å². The lowest BCUT2D eigenvalue weighted by molar-refractivity contribution is -0.836. The van der Waals surface area contributed by atoms with Gasteiger partial charge in [-0.05, 0) is 6.92 Å². The van der Waals surface area contributed by atoms with E-state index in [1.54, 1.807) is 0 Å². The Balaban J connectivity index is 3.39. The average Bonchev–Trinajstić information content (AvgIpc) is 2.59. The van der Waals surface area contributed by atoms with Crippen LogP contribution in [0.5, 0.6) is 0 Å². The summed E-state index contributed by atoms with van der Waals surface area (Å²) in [6, 6.07) is 0.926. The van der Waals surface area contributed by atoms with Crippen LogP contribution in [0.4, 0.5) is 0 Å². The van der Waals surface area contributed by atoms with Crippen LogP contribution in [0.25, 0.3) is 0 Å². The Morgan fingerprint density at radius 3 is 2.12 bits per heavy atom. The molecule has 0 saturated heterocycles. The molecule has 11 heteroatoms. The molecule has 92 valence electrons. The Bertz CT molecular complexity index is 466. The van der Waals surface area contributed by atoms with Gasteiger partial charge >= 0.3 is 12.2 Å². The molecule has 0 radical (unpaired) electrons. The first-order valence-corrected chi connectivity index (χ1v) is 4.15. The zero-order valence-electron chi connectivity index (χ0n) is 8.43. The van der Waals surface area contributed by atoms with Gasteiger partial charge in [-0.2, -0.15) is 0 Å². The molecular formula is C6H6N4O7. The maximum atomic E-state index is 10.8. The van der Waals surface area contributed by atoms with Crippen LogP contribution in [0.1, 0.15) is 11.5 Å². The van der Waals surface area contributed by atoms with Gasteiger partial charge < -0.3 is 4.52 Å². The van der Waals surface area contributed by atoms with Crippen LogP contribution in [0.15, 0.2) is 10.6 Å². The van der Waals surface area contributed by atoms with E-state index in [1.165, 1.54) is 6.92 Å². The summed E-state index contributed by atoms with van der Waals surface area (Å²) in [5, 5.41) is 35.1. The smallest absolute Gasteiger partial charge is 0.345 e. The van der Waals surface area contributed by atoms with Crippen molar-refractivity contribution in [3.63, 3.8) is 0 Å². The van der Waals surface area contributed by atoms with Crippen LogP contribution in [0, 0.1) is 37.3 Å². The molecule has 0 saturated carbocycles. The van der Waals surface area contributed by atoms with Crippen molar-refractivity contribution in [2.24, 2.45) is 0 Å². The summed E-state index contributed by atoms with van der Waals surface area (Å²) in [4.78, 5) is 28.0. The molecule has 0 aromatic carbocycles. The number of hydrogen-bond donors (Lipinski definition) is 0. The van der Waals surface area contributed by atoms with Crippen molar-refractivity contribution in [3.05, 3.63) is 47.9 Å². The van der Waals surface area contributed by atoms with Crippen molar-refractivity contribution >= 4 is 0 Å². The number of aromatic nitrogens is 1. The molecule has 0 aliphatic heterocycles. The van der Waals surface area contributed by atoms with Crippen molar-refractivity contribution in [1.82, 2.24) is 5.16 Å². The molecule has 1 heterocycles. The fraction of sp³-hybridized carbons (Fsp3) is 0.500. The number of nitro groups is 3. The van der Waals surface area contributed by atoms with E-state index >= 15 is 0 Å². The molecule has 0 bridgehead atoms. The van der Waals surface area contributed by atoms with Gasteiger partial charge in [0.1, 0.15) is 9.85 Å². The molecule has 0 unspecified atom stereocenters. The normalized spacial score (nSPS) is 11.1. The van der Waals surface area contributed by atoms with E-state index in [1.807, 2.05) is 0 Å². The molecule has 0 spiro atoms. The van der Waals surface area contributed by atoms with E-state index in [0.717, 1.165) is 6.07 Å². The molecule has 1 aromatic rings. The minimum atomic E-state index is -3.15. The molecule has 17 heavy (non-hydrogen) atoms. The second-order valence-electron chi connectivity index (χ2n) is 3.15. The van der Waals surface area contributed by atoms with Crippen LogP contribution in [-0.4, -0.2) is 26.5 Å². The highest BCUT2D eigenvalue weighted by molar-refractivity contribution is 5.08. The van der Waals surface area contributed by atoms with Crippen molar-refractivity contribution in [2.45, 2.75) is 12.6 Å². The molecule has 0 fully saturated rings. The standard InChI is InChI=1S/C6H6N4O7/c1-4-2-5(17-7-4)6(9(13)14,10(15)16)3-8(11)12/h2H,3H2,1H3. The highest BCUT2D eigenvalue weighted by atomic mass is 16.7. The summed E-state index contributed by atoms with van der Waals surface area (Å²) in [5.41, 5.74) is -3.00. The third-order valence-electron chi connectivity index (χ3n) is 1.98. The highest BCUT2D eigenvalue weighted by Crippen LogP contribution is 2.26. The SMILES string of the molecule is Cc1cc(C(C[N+](=O)[O-])([N+](=O)[O-])[N+](=O)[O-])on1. The molecular weight excluding hydrogens is 240 g/mol. The fourth-order valence-corrected chi connectivity index (χ4v) is 1.17. The summed E-state index contributed by atoms with van der Waals surface area (Å²) < 4.78 is 4.42. The lowest BCUT2D eigenvalue weighted by Gasteiger charge is -2.09. The molecule has 0 amide bonds. The Morgan fingerprint density at radius 2 is 1.82 bits per heavy atom. The summed E-state index contributed by atoms with van der Waals surface area (Å²) in [5.74, 6) is -0.776. The van der Waals surface area contributed by atoms with Gasteiger partial charge in [-0.25, -0.2) is 0 Å². The predicted octanol–water partition coefficient (Wildman–Crippen LogP) is -0.0341. The van der Waals surface area contributed by atoms with Crippen LogP contribution in [0.3, 0.4) is 0 Å². The number of rotatable bonds is 5. The van der Waals surface area contributed by atoms with Crippen LogP contribution >= 0.6 is 0 Å². The van der Waals surface area contributed by atoms with Gasteiger partial charge in [0.15, 0.2) is 0 Å². The monoisotopic (exact) mass is 246 g/mol. The van der Waals surface area contributed by atoms with Gasteiger partial charge in [-0.1, -0.05) is 5.16 Å². The minimum Gasteiger partial charge on any atom is -0.345 e. The first-order valence-electron chi connectivity index (χ1n) is 4.15. The Labute approximate surface area is 92.5 Å². The first kappa shape index (κ1) is 12.5. The van der Waals surface area contributed by atoms with Crippen LogP contribution in [0.2, 0.25) is 0 Å². The molecule has 1 aromatic heterocycles. The molecule has 0 aliphatic carbocycles. The summed E-state index contributed by atoms with van der Waals surface area (Å²) in [6.45, 7) is -0.147. The number of aryl methyl sites for hydroxylation is 1. The topological polar surface area (TPSA) is 155 Å². The Hall–Kier alpha value is -2.59. The zero-order chi connectivity index (χ0) is 13.2. The Kier molecular flexibility index (Phi) is 3.02. The third-order valence-corrected chi connectivity index (χ3v) is 1.98. The van der Waals surface area contributed by atoms with Crippen molar-refractivity contribution in [3.8, 4) is 0 Å². The molecule has 0 aliphatic rings. The van der Waals surface area contributed by atoms with Crippen molar-refractivity contribution in [1.29, 1.82) is 0 Å². The minimum absolute atomic E-state index is 0.149. The molecule has 11 nitrogen and oxygen atoms in total. The Morgan fingerprint density at radius 1 is 1.29 bits per heavy atom. The molecule has 0 N–H and O–H groups in total. The maximum Gasteiger partial charge on any atom is 0.580 e. The first-order chi connectivity index (χ1) is 7.80. The average molecular weight is 246 g/mol. The van der Waals surface area contributed by atoms with E-state index < -0.39 is 32.7 Å². The van der Waals surface area contributed by atoms with Gasteiger partial charge in [0.2, 0.25) is 0 Å². The van der Waals surface area contributed by atoms with Gasteiger partial charge in [0, 0.05) is 11.0 Å². The number of nitrogens with zero attached hydrogens (tertiary/aromatic N) is 4. The molecule has 0 atom stereocenters. The third kappa shape index (κ3) is 2.02. The molecule has 1 rings (SSSR count). The van der Waals surface area contributed by atoms with E-state index in [9.17, 15) is 30.3 Å². The largest absolute Gasteiger partial charge is 0.580 e. The quantitative estimate of drug-likeness (QED) is 0.398. The fourth-order valence-electron chi connectivity index (χ4n) is 1.17. The van der Waals surface area contributed by atoms with E-state index in [2.05, 4.69) is 9.68 Å². The van der Waals surface area contributed by atoms with Gasteiger partial charge in [-0.3, -0.25) is 30.3 Å². The van der Waals surface area contributed by atoms with E-state index in [4.69, 9.17) is 0 Å².